The Labute approximate surface area is 188 Å². The molecule has 0 saturated heterocycles. The molecule has 0 atom stereocenters. The predicted octanol–water partition coefficient (Wildman–Crippen LogP) is 4.44. The van der Waals surface area contributed by atoms with Gasteiger partial charge >= 0.3 is 0 Å². The molecule has 1 aliphatic carbocycles. The van der Waals surface area contributed by atoms with E-state index in [9.17, 15) is 9.59 Å². The van der Waals surface area contributed by atoms with Gasteiger partial charge in [-0.25, -0.2) is 0 Å². The number of hydrogen-bond acceptors (Lipinski definition) is 4. The number of benzene rings is 3. The van der Waals surface area contributed by atoms with Crippen molar-refractivity contribution in [2.75, 3.05) is 18.9 Å². The summed E-state index contributed by atoms with van der Waals surface area (Å²) in [7, 11) is 1.89. The normalized spacial score (nSPS) is 12.9. The molecule has 3 aromatic carbocycles. The highest BCUT2D eigenvalue weighted by Gasteiger charge is 2.23. The van der Waals surface area contributed by atoms with Crippen molar-refractivity contribution < 1.29 is 14.3 Å². The number of para-hydroxylation sites is 1. The molecule has 2 N–H and O–H groups in total. The van der Waals surface area contributed by atoms with Gasteiger partial charge in [0.05, 0.1) is 6.54 Å². The molecule has 0 heterocycles. The van der Waals surface area contributed by atoms with Crippen LogP contribution in [0.2, 0.25) is 0 Å². The van der Waals surface area contributed by atoms with E-state index in [-0.39, 0.29) is 18.4 Å². The van der Waals surface area contributed by atoms with E-state index in [0.29, 0.717) is 23.9 Å². The number of hydrogen-bond donors (Lipinski definition) is 2. The third-order valence-corrected chi connectivity index (χ3v) is 5.11. The number of nitrogens with one attached hydrogen (secondary N) is 2. The van der Waals surface area contributed by atoms with Crippen molar-refractivity contribution in [3.05, 3.63) is 90.0 Å². The van der Waals surface area contributed by atoms with Crippen molar-refractivity contribution in [3.8, 4) is 11.5 Å². The Morgan fingerprint density at radius 3 is 2.22 bits per heavy atom. The summed E-state index contributed by atoms with van der Waals surface area (Å²) in [6.45, 7) is 0.869. The Morgan fingerprint density at radius 2 is 1.56 bits per heavy atom. The standard InChI is InChI=1S/C26H27N3O3/c1-29(17-19-7-9-20(10-8-19)26(31)28-22-11-12-22)18-25(30)27-21-13-15-24(16-14-21)32-23-5-3-2-4-6-23/h2-10,13-16,22H,11-12,17-18H2,1H3,(H,27,30)(H,28,31). The molecular formula is C26H27N3O3. The molecule has 3 aromatic rings. The first-order chi connectivity index (χ1) is 15.5. The summed E-state index contributed by atoms with van der Waals surface area (Å²) in [5, 5.41) is 5.89. The fourth-order valence-corrected chi connectivity index (χ4v) is 3.30. The SMILES string of the molecule is CN(CC(=O)Nc1ccc(Oc2ccccc2)cc1)Cc1ccc(C(=O)NC2CC2)cc1. The first-order valence-electron chi connectivity index (χ1n) is 10.8. The smallest absolute Gasteiger partial charge is 0.251 e. The molecule has 1 fully saturated rings. The van der Waals surface area contributed by atoms with E-state index in [1.54, 1.807) is 0 Å². The lowest BCUT2D eigenvalue weighted by atomic mass is 10.1. The molecule has 0 unspecified atom stereocenters. The van der Waals surface area contributed by atoms with Crippen LogP contribution >= 0.6 is 0 Å². The van der Waals surface area contributed by atoms with Crippen LogP contribution in [0.5, 0.6) is 11.5 Å². The summed E-state index contributed by atoms with van der Waals surface area (Å²) >= 11 is 0. The highest BCUT2D eigenvalue weighted by atomic mass is 16.5. The van der Waals surface area contributed by atoms with Gasteiger partial charge in [-0.2, -0.15) is 0 Å². The second kappa shape index (κ2) is 10.1. The van der Waals surface area contributed by atoms with E-state index in [0.717, 1.165) is 29.8 Å². The van der Waals surface area contributed by atoms with E-state index in [4.69, 9.17) is 4.74 Å². The number of carbonyl (C=O) groups excluding carboxylic acids is 2. The Kier molecular flexibility index (Phi) is 6.82. The van der Waals surface area contributed by atoms with E-state index < -0.39 is 0 Å². The molecule has 2 amide bonds. The van der Waals surface area contributed by atoms with Crippen molar-refractivity contribution in [1.29, 1.82) is 0 Å². The minimum absolute atomic E-state index is 0.0213. The Hall–Kier alpha value is -3.64. The third-order valence-electron chi connectivity index (χ3n) is 5.11. The highest BCUT2D eigenvalue weighted by molar-refractivity contribution is 5.94. The van der Waals surface area contributed by atoms with Crippen LogP contribution in [0, 0.1) is 0 Å². The molecule has 6 nitrogen and oxygen atoms in total. The largest absolute Gasteiger partial charge is 0.457 e. The monoisotopic (exact) mass is 429 g/mol. The molecule has 0 bridgehead atoms. The molecule has 0 spiro atoms. The van der Waals surface area contributed by atoms with Crippen LogP contribution in [0.1, 0.15) is 28.8 Å². The Morgan fingerprint density at radius 1 is 0.906 bits per heavy atom. The summed E-state index contributed by atoms with van der Waals surface area (Å²) in [6.07, 6.45) is 2.14. The summed E-state index contributed by atoms with van der Waals surface area (Å²) in [4.78, 5) is 26.4. The molecule has 32 heavy (non-hydrogen) atoms. The maximum Gasteiger partial charge on any atom is 0.251 e. The number of amides is 2. The van der Waals surface area contributed by atoms with Gasteiger partial charge in [0.15, 0.2) is 0 Å². The topological polar surface area (TPSA) is 70.7 Å². The summed E-state index contributed by atoms with van der Waals surface area (Å²) < 4.78 is 5.77. The van der Waals surface area contributed by atoms with E-state index in [2.05, 4.69) is 10.6 Å². The fourth-order valence-electron chi connectivity index (χ4n) is 3.30. The van der Waals surface area contributed by atoms with Gasteiger partial charge in [-0.05, 0) is 74.0 Å². The van der Waals surface area contributed by atoms with Crippen molar-refractivity contribution >= 4 is 17.5 Å². The maximum atomic E-state index is 12.4. The minimum atomic E-state index is -0.0929. The lowest BCUT2D eigenvalue weighted by Crippen LogP contribution is -2.30. The van der Waals surface area contributed by atoms with Crippen molar-refractivity contribution in [3.63, 3.8) is 0 Å². The zero-order chi connectivity index (χ0) is 22.3. The first-order valence-corrected chi connectivity index (χ1v) is 10.8. The predicted molar refractivity (Wildman–Crippen MR) is 125 cm³/mol. The van der Waals surface area contributed by atoms with Crippen molar-refractivity contribution in [2.45, 2.75) is 25.4 Å². The van der Waals surface area contributed by atoms with Gasteiger partial charge in [0.1, 0.15) is 11.5 Å². The molecule has 6 heteroatoms. The second-order valence-corrected chi connectivity index (χ2v) is 8.10. The Bertz CT molecular complexity index is 1050. The number of rotatable bonds is 9. The molecule has 1 saturated carbocycles. The van der Waals surface area contributed by atoms with Gasteiger partial charge in [0, 0.05) is 23.8 Å². The summed E-state index contributed by atoms with van der Waals surface area (Å²) in [6, 6.07) is 24.7. The zero-order valence-electron chi connectivity index (χ0n) is 18.1. The number of carbonyl (C=O) groups is 2. The average Bonchev–Trinajstić information content (AvgIpc) is 3.60. The zero-order valence-corrected chi connectivity index (χ0v) is 18.1. The second-order valence-electron chi connectivity index (χ2n) is 8.10. The van der Waals surface area contributed by atoms with E-state index in [1.807, 2.05) is 90.8 Å². The summed E-state index contributed by atoms with van der Waals surface area (Å²) in [5.74, 6) is 1.36. The van der Waals surface area contributed by atoms with Crippen LogP contribution in [-0.2, 0) is 11.3 Å². The summed E-state index contributed by atoms with van der Waals surface area (Å²) in [5.41, 5.74) is 2.43. The lowest BCUT2D eigenvalue weighted by molar-refractivity contribution is -0.117. The van der Waals surface area contributed by atoms with Gasteiger partial charge in [-0.1, -0.05) is 30.3 Å². The van der Waals surface area contributed by atoms with Crippen LogP contribution < -0.4 is 15.4 Å². The van der Waals surface area contributed by atoms with E-state index >= 15 is 0 Å². The van der Waals surface area contributed by atoms with Crippen LogP contribution in [0.4, 0.5) is 5.69 Å². The number of nitrogens with zero attached hydrogens (tertiary/aromatic N) is 1. The van der Waals surface area contributed by atoms with E-state index in [1.165, 1.54) is 0 Å². The molecule has 0 radical (unpaired) electrons. The molecule has 1 aliphatic rings. The molecule has 0 aromatic heterocycles. The molecule has 0 aliphatic heterocycles. The van der Waals surface area contributed by atoms with Crippen LogP contribution in [0.15, 0.2) is 78.9 Å². The van der Waals surface area contributed by atoms with Gasteiger partial charge in [-0.3, -0.25) is 14.5 Å². The van der Waals surface area contributed by atoms with Crippen molar-refractivity contribution in [2.24, 2.45) is 0 Å². The lowest BCUT2D eigenvalue weighted by Gasteiger charge is -2.17. The molecule has 4 rings (SSSR count). The van der Waals surface area contributed by atoms with Gasteiger partial charge in [-0.15, -0.1) is 0 Å². The average molecular weight is 430 g/mol. The number of anilines is 1. The molecule has 164 valence electrons. The highest BCUT2D eigenvalue weighted by Crippen LogP contribution is 2.22. The minimum Gasteiger partial charge on any atom is -0.457 e. The van der Waals surface area contributed by atoms with Crippen LogP contribution in [0.25, 0.3) is 0 Å². The van der Waals surface area contributed by atoms with Gasteiger partial charge in [0.25, 0.3) is 5.91 Å². The van der Waals surface area contributed by atoms with Crippen LogP contribution in [-0.4, -0.2) is 36.3 Å². The van der Waals surface area contributed by atoms with Gasteiger partial charge in [0.2, 0.25) is 5.91 Å². The first kappa shape index (κ1) is 21.6. The number of ether oxygens (including phenoxy) is 1. The number of likely N-dealkylation sites (N-methyl/N-ethyl adjacent to an activating group) is 1. The quantitative estimate of drug-likeness (QED) is 0.528. The molecular weight excluding hydrogens is 402 g/mol. The Balaban J connectivity index is 1.23. The van der Waals surface area contributed by atoms with Gasteiger partial charge < -0.3 is 15.4 Å². The maximum absolute atomic E-state index is 12.4. The van der Waals surface area contributed by atoms with Crippen molar-refractivity contribution in [1.82, 2.24) is 10.2 Å². The fraction of sp³-hybridized carbons (Fsp3) is 0.231. The third kappa shape index (κ3) is 6.43. The van der Waals surface area contributed by atoms with Crippen LogP contribution in [0.3, 0.4) is 0 Å².